The summed E-state index contributed by atoms with van der Waals surface area (Å²) in [7, 11) is 0. The third-order valence-electron chi connectivity index (χ3n) is 5.80. The van der Waals surface area contributed by atoms with Gasteiger partial charge in [0.15, 0.2) is 0 Å². The highest BCUT2D eigenvalue weighted by atomic mass is 16.4. The number of hydrogen-bond acceptors (Lipinski definition) is 5. The number of anilines is 1. The van der Waals surface area contributed by atoms with Crippen LogP contribution < -0.4 is 10.2 Å². The molecular weight excluding hydrogens is 360 g/mol. The van der Waals surface area contributed by atoms with Gasteiger partial charge in [0.1, 0.15) is 11.3 Å². The Morgan fingerprint density at radius 1 is 1.07 bits per heavy atom. The van der Waals surface area contributed by atoms with Gasteiger partial charge in [-0.3, -0.25) is 19.7 Å². The van der Waals surface area contributed by atoms with Gasteiger partial charge in [-0.2, -0.15) is 0 Å². The minimum absolute atomic E-state index is 0.0533. The fraction of sp³-hybridized carbons (Fsp3) is 0.286. The zero-order valence-corrected chi connectivity index (χ0v) is 15.4. The number of fused-ring (bicyclic) bond motifs is 1. The monoisotopic (exact) mass is 380 g/mol. The molecule has 144 valence electrons. The molecule has 2 aliphatic rings. The normalized spacial score (nSPS) is 29.2. The molecule has 0 bridgehead atoms. The number of imide groups is 1. The number of rotatable bonds is 3. The number of carboxylic acids is 1. The Labute approximate surface area is 161 Å². The number of phenols is 1. The van der Waals surface area contributed by atoms with Crippen molar-refractivity contribution in [2.75, 3.05) is 4.90 Å². The van der Waals surface area contributed by atoms with Crippen molar-refractivity contribution in [3.05, 3.63) is 59.7 Å². The van der Waals surface area contributed by atoms with E-state index < -0.39 is 41.2 Å². The summed E-state index contributed by atoms with van der Waals surface area (Å²) >= 11 is 0. The van der Waals surface area contributed by atoms with Crippen molar-refractivity contribution in [3.63, 3.8) is 0 Å². The number of carbonyl (C=O) groups is 3. The molecule has 0 saturated carbocycles. The minimum atomic E-state index is -1.64. The van der Waals surface area contributed by atoms with Crippen molar-refractivity contribution >= 4 is 23.5 Å². The van der Waals surface area contributed by atoms with Gasteiger partial charge < -0.3 is 10.2 Å². The zero-order chi connectivity index (χ0) is 20.2. The molecule has 4 atom stereocenters. The first-order valence-corrected chi connectivity index (χ1v) is 8.99. The second-order valence-electron chi connectivity index (χ2n) is 7.54. The highest BCUT2D eigenvalue weighted by Crippen LogP contribution is 2.50. The Morgan fingerprint density at radius 3 is 2.32 bits per heavy atom. The van der Waals surface area contributed by atoms with Crippen LogP contribution >= 0.6 is 0 Å². The molecule has 0 aromatic heterocycles. The zero-order valence-electron chi connectivity index (χ0n) is 15.4. The predicted octanol–water partition coefficient (Wildman–Crippen LogP) is 1.99. The second kappa shape index (κ2) is 6.17. The van der Waals surface area contributed by atoms with Crippen molar-refractivity contribution < 1.29 is 24.6 Å². The number of aromatic hydroxyl groups is 1. The summed E-state index contributed by atoms with van der Waals surface area (Å²) in [5.74, 6) is -4.29. The van der Waals surface area contributed by atoms with Crippen LogP contribution in [0.4, 0.5) is 5.69 Å². The first-order chi connectivity index (χ1) is 13.3. The molecule has 0 unspecified atom stereocenters. The number of carboxylic acid groups (broad SMARTS) is 1. The molecule has 0 radical (unpaired) electrons. The van der Waals surface area contributed by atoms with Crippen molar-refractivity contribution in [1.82, 2.24) is 5.32 Å². The number of nitrogens with one attached hydrogen (secondary N) is 1. The van der Waals surface area contributed by atoms with Crippen molar-refractivity contribution in [2.45, 2.75) is 25.4 Å². The molecule has 2 aromatic carbocycles. The SMILES string of the molecule is Cc1ccc(N2C(=O)[C@H]3[C@@H](C2=O)[C@@](C)(C(=O)O)N[C@H]3c2ccccc2O)cc1. The standard InChI is InChI=1S/C21H20N2O5/c1-11-7-9-12(10-8-11)23-18(25)15-16(19(23)26)21(2,20(27)28)22-17(15)13-5-3-4-6-14(13)24/h3-10,15-17,22,24H,1-2H3,(H,27,28)/t15-,16-,17-,21-/m0/s1. The molecule has 0 spiro atoms. The van der Waals surface area contributed by atoms with Crippen molar-refractivity contribution in [2.24, 2.45) is 11.8 Å². The number of para-hydroxylation sites is 1. The maximum Gasteiger partial charge on any atom is 0.324 e. The van der Waals surface area contributed by atoms with Crippen LogP contribution in [0.1, 0.15) is 24.1 Å². The smallest absolute Gasteiger partial charge is 0.324 e. The topological polar surface area (TPSA) is 107 Å². The minimum Gasteiger partial charge on any atom is -0.508 e. The largest absolute Gasteiger partial charge is 0.508 e. The molecule has 28 heavy (non-hydrogen) atoms. The van der Waals surface area contributed by atoms with Gasteiger partial charge in [0.2, 0.25) is 11.8 Å². The van der Waals surface area contributed by atoms with Gasteiger partial charge in [0.25, 0.3) is 0 Å². The van der Waals surface area contributed by atoms with Gasteiger partial charge in [0, 0.05) is 11.6 Å². The van der Waals surface area contributed by atoms with Crippen molar-refractivity contribution in [1.29, 1.82) is 0 Å². The van der Waals surface area contributed by atoms with Crippen LogP contribution in [0.15, 0.2) is 48.5 Å². The molecule has 0 aliphatic carbocycles. The lowest BCUT2D eigenvalue weighted by Crippen LogP contribution is -2.53. The lowest BCUT2D eigenvalue weighted by atomic mass is 9.80. The molecule has 7 heteroatoms. The van der Waals surface area contributed by atoms with Crippen LogP contribution in [0.2, 0.25) is 0 Å². The fourth-order valence-corrected chi connectivity index (χ4v) is 4.30. The van der Waals surface area contributed by atoms with E-state index in [9.17, 15) is 24.6 Å². The highest BCUT2D eigenvalue weighted by Gasteiger charge is 2.67. The Bertz CT molecular complexity index is 987. The summed E-state index contributed by atoms with van der Waals surface area (Å²) in [5.41, 5.74) is 0.157. The second-order valence-corrected chi connectivity index (χ2v) is 7.54. The molecule has 2 amide bonds. The number of aryl methyl sites for hydroxylation is 1. The number of aliphatic carboxylic acids is 1. The van der Waals surface area contributed by atoms with Crippen LogP contribution in [0.3, 0.4) is 0 Å². The van der Waals surface area contributed by atoms with Crippen LogP contribution in [-0.2, 0) is 14.4 Å². The number of phenolic OH excluding ortho intramolecular Hbond substituents is 1. The molecule has 2 aliphatic heterocycles. The first kappa shape index (κ1) is 18.2. The van der Waals surface area contributed by atoms with E-state index in [1.54, 1.807) is 42.5 Å². The van der Waals surface area contributed by atoms with E-state index in [1.165, 1.54) is 13.0 Å². The third-order valence-corrected chi connectivity index (χ3v) is 5.80. The lowest BCUT2D eigenvalue weighted by molar-refractivity contribution is -0.147. The fourth-order valence-electron chi connectivity index (χ4n) is 4.30. The Balaban J connectivity index is 1.84. The molecule has 7 nitrogen and oxygen atoms in total. The summed E-state index contributed by atoms with van der Waals surface area (Å²) in [4.78, 5) is 39.6. The maximum atomic E-state index is 13.3. The van der Waals surface area contributed by atoms with Crippen molar-refractivity contribution in [3.8, 4) is 5.75 Å². The predicted molar refractivity (Wildman–Crippen MR) is 101 cm³/mol. The van der Waals surface area contributed by atoms with Gasteiger partial charge in [-0.15, -0.1) is 0 Å². The molecule has 2 heterocycles. The third kappa shape index (κ3) is 2.43. The number of hydrogen-bond donors (Lipinski definition) is 3. The van der Waals surface area contributed by atoms with E-state index >= 15 is 0 Å². The average molecular weight is 380 g/mol. The number of nitrogens with zero attached hydrogens (tertiary/aromatic N) is 1. The summed E-state index contributed by atoms with van der Waals surface area (Å²) in [6.45, 7) is 3.31. The maximum absolute atomic E-state index is 13.3. The van der Waals surface area contributed by atoms with E-state index in [1.807, 2.05) is 6.92 Å². The van der Waals surface area contributed by atoms with E-state index in [-0.39, 0.29) is 5.75 Å². The van der Waals surface area contributed by atoms with E-state index in [4.69, 9.17) is 0 Å². The van der Waals surface area contributed by atoms with Gasteiger partial charge in [0.05, 0.1) is 17.5 Å². The Morgan fingerprint density at radius 2 is 1.71 bits per heavy atom. The molecule has 3 N–H and O–H groups in total. The quantitative estimate of drug-likeness (QED) is 0.703. The van der Waals surface area contributed by atoms with Gasteiger partial charge in [-0.1, -0.05) is 35.9 Å². The molecule has 2 aromatic rings. The van der Waals surface area contributed by atoms with Crippen LogP contribution in [-0.4, -0.2) is 33.5 Å². The number of amides is 2. The van der Waals surface area contributed by atoms with Gasteiger partial charge >= 0.3 is 5.97 Å². The van der Waals surface area contributed by atoms with Crippen LogP contribution in [0.5, 0.6) is 5.75 Å². The van der Waals surface area contributed by atoms with Gasteiger partial charge in [-0.25, -0.2) is 4.90 Å². The number of benzene rings is 2. The summed E-state index contributed by atoms with van der Waals surface area (Å²) in [5, 5.41) is 23.1. The summed E-state index contributed by atoms with van der Waals surface area (Å²) in [6.07, 6.45) is 0. The molecule has 2 fully saturated rings. The Kier molecular flexibility index (Phi) is 4.01. The van der Waals surface area contributed by atoms with E-state index in [0.29, 0.717) is 11.3 Å². The first-order valence-electron chi connectivity index (χ1n) is 8.99. The molecular formula is C21H20N2O5. The van der Waals surface area contributed by atoms with Gasteiger partial charge in [-0.05, 0) is 32.0 Å². The summed E-state index contributed by atoms with van der Waals surface area (Å²) < 4.78 is 0. The van der Waals surface area contributed by atoms with E-state index in [2.05, 4.69) is 5.32 Å². The average Bonchev–Trinajstić information content (AvgIpc) is 3.11. The highest BCUT2D eigenvalue weighted by molar-refractivity contribution is 6.24. The molecule has 2 saturated heterocycles. The van der Waals surface area contributed by atoms with E-state index in [0.717, 1.165) is 10.5 Å². The van der Waals surface area contributed by atoms with Crippen LogP contribution in [0.25, 0.3) is 0 Å². The lowest BCUT2D eigenvalue weighted by Gasteiger charge is -2.27. The van der Waals surface area contributed by atoms with Crippen LogP contribution in [0, 0.1) is 18.8 Å². The molecule has 4 rings (SSSR count). The summed E-state index contributed by atoms with van der Waals surface area (Å²) in [6, 6.07) is 12.6. The number of carbonyl (C=O) groups excluding carboxylic acids is 2. The Hall–Kier alpha value is -3.19.